The predicted molar refractivity (Wildman–Crippen MR) is 37.0 cm³/mol. The molecule has 0 heterocycles. The van der Waals surface area contributed by atoms with Crippen LogP contribution in [-0.2, 0) is 9.59 Å². The largest absolute Gasteiger partial charge is 2.00 e. The van der Waals surface area contributed by atoms with Gasteiger partial charge in [0.05, 0.1) is 0 Å². The van der Waals surface area contributed by atoms with Crippen LogP contribution < -0.4 is 0 Å². The van der Waals surface area contributed by atoms with Crippen LogP contribution in [0.4, 0.5) is 0 Å². The van der Waals surface area contributed by atoms with Gasteiger partial charge in [-0.2, -0.15) is 0 Å². The normalized spacial score (nSPS) is 8.60. The summed E-state index contributed by atoms with van der Waals surface area (Å²) in [6.07, 6.45) is 0.130. The molecule has 0 saturated carbocycles. The van der Waals surface area contributed by atoms with Crippen LogP contribution in [0.25, 0.3) is 0 Å². The topological polar surface area (TPSA) is 74.6 Å². The van der Waals surface area contributed by atoms with Gasteiger partial charge >= 0.3 is 35.0 Å². The van der Waals surface area contributed by atoms with E-state index in [0.29, 0.717) is 0 Å². The number of hydrogen-bond donors (Lipinski definition) is 2. The second-order valence-electron chi connectivity index (χ2n) is 1.64. The second kappa shape index (κ2) is 5.49. The van der Waals surface area contributed by atoms with Crippen LogP contribution in [0.2, 0.25) is 0 Å². The second-order valence-corrected chi connectivity index (χ2v) is 1.64. The summed E-state index contributed by atoms with van der Waals surface area (Å²) in [7, 11) is 0. The summed E-state index contributed by atoms with van der Waals surface area (Å²) in [5.74, 6) is -3.79. The van der Waals surface area contributed by atoms with Gasteiger partial charge in [-0.15, -0.1) is 0 Å². The average molecular weight is 158 g/mol. The molecule has 0 aromatic heterocycles. The molecule has 2 N–H and O–H groups in total. The molecule has 5 heteroatoms. The van der Waals surface area contributed by atoms with Gasteiger partial charge < -0.3 is 13.1 Å². The molecule has 0 amide bonds. The van der Waals surface area contributed by atoms with Gasteiger partial charge in [-0.1, -0.05) is 6.92 Å². The van der Waals surface area contributed by atoms with Crippen LogP contribution in [0, 0.1) is 5.92 Å². The molecule has 0 saturated heterocycles. The van der Waals surface area contributed by atoms with E-state index in [4.69, 9.17) is 10.2 Å². The van der Waals surface area contributed by atoms with Crippen LogP contribution in [0.1, 0.15) is 16.2 Å². The van der Waals surface area contributed by atoms with Gasteiger partial charge in [0.1, 0.15) is 0 Å². The minimum atomic E-state index is -1.27. The molecule has 10 heavy (non-hydrogen) atoms. The maximum absolute atomic E-state index is 9.99. The maximum atomic E-state index is 9.99. The number of carboxylic acid groups (broad SMARTS) is 2. The summed E-state index contributed by atoms with van der Waals surface area (Å²) in [6.45, 7) is 1.52. The molecule has 0 aliphatic heterocycles. The summed E-state index contributed by atoms with van der Waals surface area (Å²) in [6, 6.07) is 0. The zero-order chi connectivity index (χ0) is 7.44. The molecule has 0 rings (SSSR count). The van der Waals surface area contributed by atoms with Crippen molar-refractivity contribution >= 4 is 35.0 Å². The van der Waals surface area contributed by atoms with Crippen LogP contribution >= 0.6 is 0 Å². The Bertz CT molecular complexity index is 127. The third kappa shape index (κ3) is 3.68. The van der Waals surface area contributed by atoms with Gasteiger partial charge in [-0.25, -0.2) is 0 Å². The Hall–Kier alpha value is -0.294. The van der Waals surface area contributed by atoms with Crippen LogP contribution in [-0.4, -0.2) is 45.2 Å². The van der Waals surface area contributed by atoms with Gasteiger partial charge in [-0.05, 0) is 6.42 Å². The van der Waals surface area contributed by atoms with E-state index in [9.17, 15) is 9.59 Å². The van der Waals surface area contributed by atoms with Gasteiger partial charge in [0.25, 0.3) is 0 Å². The fourth-order valence-corrected chi connectivity index (χ4v) is 0.455. The Kier molecular flexibility index (Phi) is 6.80. The monoisotopic (exact) mass is 158 g/mol. The summed E-state index contributed by atoms with van der Waals surface area (Å²) in [5.41, 5.74) is 0. The first-order valence-electron chi connectivity index (χ1n) is 2.55. The number of rotatable bonds is 3. The average Bonchev–Trinajstić information content (AvgIpc) is 1.64. The molecule has 56 valence electrons. The fourth-order valence-electron chi connectivity index (χ4n) is 0.455. The van der Waals surface area contributed by atoms with Crippen molar-refractivity contribution < 1.29 is 22.7 Å². The summed E-state index contributed by atoms with van der Waals surface area (Å²) in [4.78, 5) is 20.0. The smallest absolute Gasteiger partial charge is 1.00 e. The van der Waals surface area contributed by atoms with E-state index in [-0.39, 0.29) is 32.3 Å². The van der Waals surface area contributed by atoms with Crippen LogP contribution in [0.5, 0.6) is 0 Å². The zero-order valence-electron chi connectivity index (χ0n) is 7.70. The minimum Gasteiger partial charge on any atom is -1.00 e. The number of carbonyl (C=O) groups is 2. The van der Waals surface area contributed by atoms with E-state index < -0.39 is 17.9 Å². The molecule has 0 atom stereocenters. The first-order chi connectivity index (χ1) is 4.09. The predicted octanol–water partition coefficient (Wildman–Crippen LogP) is 0.0260. The Morgan fingerprint density at radius 3 is 1.70 bits per heavy atom. The van der Waals surface area contributed by atoms with E-state index in [1.807, 2.05) is 0 Å². The molecule has 0 aliphatic rings. The van der Waals surface area contributed by atoms with Crippen molar-refractivity contribution in [1.82, 2.24) is 0 Å². The van der Waals surface area contributed by atoms with Crippen molar-refractivity contribution in [3.05, 3.63) is 0 Å². The van der Waals surface area contributed by atoms with Gasteiger partial charge in [-0.3, -0.25) is 9.59 Å². The first-order valence-corrected chi connectivity index (χ1v) is 2.55. The standard InChI is InChI=1S/C5H8O4.Mg.2H/c1-2-3(4(6)7)5(8)9;;;/h3H,2H2,1H3,(H,6,7)(H,8,9);;;/q;+2;2*-1. The number of aliphatic carboxylic acids is 2. The van der Waals surface area contributed by atoms with Crippen molar-refractivity contribution in [2.45, 2.75) is 13.3 Å². The third-order valence-corrected chi connectivity index (χ3v) is 1.00. The van der Waals surface area contributed by atoms with Crippen molar-refractivity contribution in [3.8, 4) is 0 Å². The van der Waals surface area contributed by atoms with Crippen molar-refractivity contribution in [2.24, 2.45) is 5.92 Å². The van der Waals surface area contributed by atoms with E-state index >= 15 is 0 Å². The summed E-state index contributed by atoms with van der Waals surface area (Å²) < 4.78 is 0. The first kappa shape index (κ1) is 12.4. The van der Waals surface area contributed by atoms with Gasteiger partial charge in [0.15, 0.2) is 5.92 Å². The molecule has 0 fully saturated rings. The van der Waals surface area contributed by atoms with Gasteiger partial charge in [0, 0.05) is 0 Å². The Morgan fingerprint density at radius 2 is 1.70 bits per heavy atom. The Labute approximate surface area is 77.4 Å². The Morgan fingerprint density at radius 1 is 1.40 bits per heavy atom. The molecule has 0 spiro atoms. The SMILES string of the molecule is CCC(C(=O)O)C(=O)O.[H-].[H-].[Mg+2]. The number of hydrogen-bond acceptors (Lipinski definition) is 2. The fraction of sp³-hybridized carbons (Fsp3) is 0.600. The third-order valence-electron chi connectivity index (χ3n) is 1.00. The molecular formula is C5H10MgO4. The van der Waals surface area contributed by atoms with Crippen LogP contribution in [0.3, 0.4) is 0 Å². The molecule has 0 unspecified atom stereocenters. The summed E-state index contributed by atoms with van der Waals surface area (Å²) in [5, 5.41) is 16.3. The zero-order valence-corrected chi connectivity index (χ0v) is 7.12. The molecule has 0 aliphatic carbocycles. The van der Waals surface area contributed by atoms with Crippen molar-refractivity contribution in [3.63, 3.8) is 0 Å². The molecule has 0 bridgehead atoms. The molecule has 0 aromatic carbocycles. The van der Waals surface area contributed by atoms with E-state index in [1.165, 1.54) is 6.92 Å². The molecular weight excluding hydrogens is 148 g/mol. The minimum absolute atomic E-state index is 0. The number of carboxylic acids is 2. The molecule has 0 aromatic rings. The Balaban J connectivity index is -0.000000107. The van der Waals surface area contributed by atoms with E-state index in [0.717, 1.165) is 0 Å². The van der Waals surface area contributed by atoms with E-state index in [2.05, 4.69) is 0 Å². The summed E-state index contributed by atoms with van der Waals surface area (Å²) >= 11 is 0. The van der Waals surface area contributed by atoms with E-state index in [1.54, 1.807) is 0 Å². The quantitative estimate of drug-likeness (QED) is 0.449. The van der Waals surface area contributed by atoms with Gasteiger partial charge in [0.2, 0.25) is 0 Å². The molecule has 0 radical (unpaired) electrons. The maximum Gasteiger partial charge on any atom is 2.00 e. The van der Waals surface area contributed by atoms with Crippen molar-refractivity contribution in [2.75, 3.05) is 0 Å². The van der Waals surface area contributed by atoms with Crippen LogP contribution in [0.15, 0.2) is 0 Å². The molecule has 4 nitrogen and oxygen atoms in total. The van der Waals surface area contributed by atoms with Crippen molar-refractivity contribution in [1.29, 1.82) is 0 Å².